The number of carbonyl (C=O) groups is 1. The van der Waals surface area contributed by atoms with E-state index in [0.29, 0.717) is 30.2 Å². The summed E-state index contributed by atoms with van der Waals surface area (Å²) in [6.45, 7) is 6.24. The highest BCUT2D eigenvalue weighted by molar-refractivity contribution is 9.10. The molecule has 2 aromatic carbocycles. The molecule has 6 heteroatoms. The Bertz CT molecular complexity index is 998. The minimum absolute atomic E-state index is 0.112. The number of rotatable bonds is 8. The molecule has 29 heavy (non-hydrogen) atoms. The number of benzene rings is 2. The Morgan fingerprint density at radius 2 is 2.03 bits per heavy atom. The average Bonchev–Trinajstić information content (AvgIpc) is 3.18. The van der Waals surface area contributed by atoms with Gasteiger partial charge in [0.2, 0.25) is 5.91 Å². The molecule has 1 aromatic heterocycles. The molecule has 0 spiro atoms. The zero-order valence-corrected chi connectivity index (χ0v) is 17.8. The van der Waals surface area contributed by atoms with Gasteiger partial charge in [-0.3, -0.25) is 4.79 Å². The van der Waals surface area contributed by atoms with Crippen LogP contribution >= 0.6 is 15.9 Å². The van der Waals surface area contributed by atoms with Gasteiger partial charge in [0.25, 0.3) is 0 Å². The van der Waals surface area contributed by atoms with Gasteiger partial charge in [0.1, 0.15) is 5.82 Å². The topological polar surface area (TPSA) is 46.3 Å². The average molecular weight is 457 g/mol. The van der Waals surface area contributed by atoms with Gasteiger partial charge in [0.05, 0.1) is 6.20 Å². The molecule has 0 bridgehead atoms. The summed E-state index contributed by atoms with van der Waals surface area (Å²) in [6.07, 6.45) is 3.90. The molecule has 0 saturated heterocycles. The van der Waals surface area contributed by atoms with E-state index in [2.05, 4.69) is 27.5 Å². The highest BCUT2D eigenvalue weighted by Gasteiger charge is 2.16. The first-order chi connectivity index (χ1) is 14.0. The molecule has 0 aliphatic rings. The van der Waals surface area contributed by atoms with Crippen molar-refractivity contribution in [1.82, 2.24) is 9.88 Å². The maximum atomic E-state index is 14.1. The normalized spacial score (nSPS) is 10.7. The van der Waals surface area contributed by atoms with E-state index < -0.39 is 0 Å². The number of hydrogen-bond acceptors (Lipinski definition) is 3. The highest BCUT2D eigenvalue weighted by Crippen LogP contribution is 2.22. The van der Waals surface area contributed by atoms with Gasteiger partial charge < -0.3 is 9.32 Å². The van der Waals surface area contributed by atoms with Crippen molar-refractivity contribution in [3.8, 4) is 11.3 Å². The van der Waals surface area contributed by atoms with E-state index in [1.807, 2.05) is 31.2 Å². The van der Waals surface area contributed by atoms with Crippen LogP contribution in [0.3, 0.4) is 0 Å². The van der Waals surface area contributed by atoms with Crippen LogP contribution in [0.4, 0.5) is 4.39 Å². The monoisotopic (exact) mass is 456 g/mol. The highest BCUT2D eigenvalue weighted by atomic mass is 79.9. The fourth-order valence-corrected chi connectivity index (χ4v) is 3.34. The molecule has 0 atom stereocenters. The Balaban J connectivity index is 1.64. The first kappa shape index (κ1) is 21.0. The Hall–Kier alpha value is -2.73. The van der Waals surface area contributed by atoms with Crippen LogP contribution in [0.2, 0.25) is 0 Å². The Morgan fingerprint density at radius 3 is 2.76 bits per heavy atom. The zero-order chi connectivity index (χ0) is 20.8. The van der Waals surface area contributed by atoms with Crippen LogP contribution in [0.5, 0.6) is 0 Å². The number of hydrogen-bond donors (Lipinski definition) is 0. The SMILES string of the molecule is C=CCN(Cc1cc(Br)ccc1F)C(=O)CCc1ncc(-c2ccc(C)cc2)o1. The van der Waals surface area contributed by atoms with Crippen molar-refractivity contribution in [1.29, 1.82) is 0 Å². The third-order valence-electron chi connectivity index (χ3n) is 4.51. The van der Waals surface area contributed by atoms with Crippen molar-refractivity contribution in [3.63, 3.8) is 0 Å². The molecule has 1 amide bonds. The van der Waals surface area contributed by atoms with E-state index in [9.17, 15) is 9.18 Å². The molecular formula is C23H22BrFN2O2. The van der Waals surface area contributed by atoms with Crippen LogP contribution in [0.15, 0.2) is 70.2 Å². The molecule has 4 nitrogen and oxygen atoms in total. The quantitative estimate of drug-likeness (QED) is 0.408. The van der Waals surface area contributed by atoms with Gasteiger partial charge in [0.15, 0.2) is 11.7 Å². The van der Waals surface area contributed by atoms with Gasteiger partial charge in [-0.15, -0.1) is 6.58 Å². The maximum Gasteiger partial charge on any atom is 0.223 e. The molecule has 3 rings (SSSR count). The second-order valence-electron chi connectivity index (χ2n) is 6.78. The Morgan fingerprint density at radius 1 is 1.28 bits per heavy atom. The van der Waals surface area contributed by atoms with Crippen LogP contribution in [0.25, 0.3) is 11.3 Å². The third kappa shape index (κ3) is 5.64. The van der Waals surface area contributed by atoms with Crippen molar-refractivity contribution in [3.05, 3.63) is 88.6 Å². The van der Waals surface area contributed by atoms with Crippen molar-refractivity contribution >= 4 is 21.8 Å². The second-order valence-corrected chi connectivity index (χ2v) is 7.70. The maximum absolute atomic E-state index is 14.1. The molecule has 0 N–H and O–H groups in total. The number of nitrogens with zero attached hydrogens (tertiary/aromatic N) is 2. The van der Waals surface area contributed by atoms with E-state index in [0.717, 1.165) is 10.0 Å². The van der Waals surface area contributed by atoms with Crippen molar-refractivity contribution in [2.24, 2.45) is 0 Å². The van der Waals surface area contributed by atoms with E-state index in [4.69, 9.17) is 4.42 Å². The minimum Gasteiger partial charge on any atom is -0.441 e. The summed E-state index contributed by atoms with van der Waals surface area (Å²) >= 11 is 3.34. The van der Waals surface area contributed by atoms with Gasteiger partial charge in [-0.05, 0) is 25.1 Å². The minimum atomic E-state index is -0.342. The smallest absolute Gasteiger partial charge is 0.223 e. The van der Waals surface area contributed by atoms with Gasteiger partial charge >= 0.3 is 0 Å². The van der Waals surface area contributed by atoms with Crippen molar-refractivity contribution < 1.29 is 13.6 Å². The van der Waals surface area contributed by atoms with Crippen LogP contribution in [-0.2, 0) is 17.8 Å². The van der Waals surface area contributed by atoms with Crippen molar-refractivity contribution in [2.75, 3.05) is 6.54 Å². The van der Waals surface area contributed by atoms with Crippen LogP contribution in [-0.4, -0.2) is 22.3 Å². The first-order valence-corrected chi connectivity index (χ1v) is 10.1. The van der Waals surface area contributed by atoms with E-state index >= 15 is 0 Å². The largest absolute Gasteiger partial charge is 0.441 e. The predicted molar refractivity (Wildman–Crippen MR) is 115 cm³/mol. The molecule has 0 aliphatic carbocycles. The molecule has 0 radical (unpaired) electrons. The van der Waals surface area contributed by atoms with E-state index in [1.165, 1.54) is 11.6 Å². The lowest BCUT2D eigenvalue weighted by Crippen LogP contribution is -2.31. The summed E-state index contributed by atoms with van der Waals surface area (Å²) in [5.74, 6) is 0.720. The van der Waals surface area contributed by atoms with Gasteiger partial charge in [0, 0.05) is 41.5 Å². The molecule has 3 aromatic rings. The second kappa shape index (κ2) is 9.65. The molecule has 0 aliphatic heterocycles. The summed E-state index contributed by atoms with van der Waals surface area (Å²) < 4.78 is 20.6. The fraction of sp³-hybridized carbons (Fsp3) is 0.217. The lowest BCUT2D eigenvalue weighted by atomic mass is 10.1. The summed E-state index contributed by atoms with van der Waals surface area (Å²) in [6, 6.07) is 12.7. The Kier molecular flexibility index (Phi) is 6.99. The standard InChI is InChI=1S/C23H22BrFN2O2/c1-3-12-27(15-18-13-19(24)8-9-20(18)25)23(28)11-10-22-26-14-21(29-22)17-6-4-16(2)5-7-17/h3-9,13-14H,1,10-12,15H2,2H3. The molecule has 0 fully saturated rings. The van der Waals surface area contributed by atoms with Crippen LogP contribution in [0, 0.1) is 12.7 Å². The number of aryl methyl sites for hydroxylation is 2. The molecule has 150 valence electrons. The number of halogens is 2. The molecular weight excluding hydrogens is 435 g/mol. The van der Waals surface area contributed by atoms with Crippen LogP contribution < -0.4 is 0 Å². The zero-order valence-electron chi connectivity index (χ0n) is 16.2. The number of carbonyl (C=O) groups excluding carboxylic acids is 1. The third-order valence-corrected chi connectivity index (χ3v) is 5.01. The van der Waals surface area contributed by atoms with E-state index in [-0.39, 0.29) is 24.7 Å². The van der Waals surface area contributed by atoms with Gasteiger partial charge in [-0.1, -0.05) is 51.8 Å². The summed E-state index contributed by atoms with van der Waals surface area (Å²) in [7, 11) is 0. The number of oxazole rings is 1. The summed E-state index contributed by atoms with van der Waals surface area (Å²) in [4.78, 5) is 18.5. The van der Waals surface area contributed by atoms with Crippen molar-refractivity contribution in [2.45, 2.75) is 26.3 Å². The van der Waals surface area contributed by atoms with Crippen LogP contribution in [0.1, 0.15) is 23.4 Å². The predicted octanol–water partition coefficient (Wildman–Crippen LogP) is 5.70. The summed E-state index contributed by atoms with van der Waals surface area (Å²) in [5, 5.41) is 0. The Labute approximate surface area is 178 Å². The first-order valence-electron chi connectivity index (χ1n) is 9.30. The molecule has 1 heterocycles. The lowest BCUT2D eigenvalue weighted by Gasteiger charge is -2.21. The number of amides is 1. The number of aromatic nitrogens is 1. The van der Waals surface area contributed by atoms with Gasteiger partial charge in [-0.25, -0.2) is 9.37 Å². The lowest BCUT2D eigenvalue weighted by molar-refractivity contribution is -0.131. The van der Waals surface area contributed by atoms with Gasteiger partial charge in [-0.2, -0.15) is 0 Å². The van der Waals surface area contributed by atoms with E-state index in [1.54, 1.807) is 29.3 Å². The molecule has 0 unspecified atom stereocenters. The fourth-order valence-electron chi connectivity index (χ4n) is 2.93. The summed E-state index contributed by atoms with van der Waals surface area (Å²) in [5.41, 5.74) is 2.56. The molecule has 0 saturated carbocycles.